The molecular formula is C11H12N2O4. The van der Waals surface area contributed by atoms with Gasteiger partial charge < -0.3 is 15.2 Å². The SMILES string of the molecule is CCC(C(=O)O)n1c(=O)[nH]c2ccc(O)cc21. The number of nitrogens with one attached hydrogen (secondary N) is 1. The monoisotopic (exact) mass is 236 g/mol. The quantitative estimate of drug-likeness (QED) is 0.742. The van der Waals surface area contributed by atoms with E-state index in [1.807, 2.05) is 0 Å². The van der Waals surface area contributed by atoms with Crippen molar-refractivity contribution in [1.29, 1.82) is 0 Å². The van der Waals surface area contributed by atoms with E-state index in [0.717, 1.165) is 4.57 Å². The number of benzene rings is 1. The van der Waals surface area contributed by atoms with Gasteiger partial charge in [-0.1, -0.05) is 6.92 Å². The third-order valence-corrected chi connectivity index (χ3v) is 2.68. The number of nitrogens with zero attached hydrogens (tertiary/aromatic N) is 1. The molecule has 0 saturated heterocycles. The fourth-order valence-electron chi connectivity index (χ4n) is 1.89. The summed E-state index contributed by atoms with van der Waals surface area (Å²) in [5.74, 6) is -1.08. The average Bonchev–Trinajstić information content (AvgIpc) is 2.56. The van der Waals surface area contributed by atoms with E-state index in [1.54, 1.807) is 6.92 Å². The number of rotatable bonds is 3. The maximum atomic E-state index is 11.7. The van der Waals surface area contributed by atoms with E-state index in [1.165, 1.54) is 18.2 Å². The maximum absolute atomic E-state index is 11.7. The Labute approximate surface area is 96.1 Å². The minimum atomic E-state index is -1.07. The van der Waals surface area contributed by atoms with Gasteiger partial charge in [-0.05, 0) is 18.6 Å². The Morgan fingerprint density at radius 3 is 2.82 bits per heavy atom. The molecule has 0 bridgehead atoms. The lowest BCUT2D eigenvalue weighted by Crippen LogP contribution is -2.27. The van der Waals surface area contributed by atoms with Gasteiger partial charge in [0, 0.05) is 6.07 Å². The van der Waals surface area contributed by atoms with Crippen LogP contribution in [0, 0.1) is 0 Å². The number of aliphatic carboxylic acids is 1. The Balaban J connectivity index is 2.75. The Kier molecular flexibility index (Phi) is 2.63. The summed E-state index contributed by atoms with van der Waals surface area (Å²) in [6.07, 6.45) is 0.290. The molecule has 0 aliphatic rings. The van der Waals surface area contributed by atoms with Crippen LogP contribution in [0.5, 0.6) is 5.75 Å². The zero-order chi connectivity index (χ0) is 12.6. The normalized spacial score (nSPS) is 12.8. The first-order valence-electron chi connectivity index (χ1n) is 5.20. The number of hydrogen-bond donors (Lipinski definition) is 3. The van der Waals surface area contributed by atoms with Crippen molar-refractivity contribution in [2.45, 2.75) is 19.4 Å². The summed E-state index contributed by atoms with van der Waals surface area (Å²) in [5, 5.41) is 18.4. The second-order valence-corrected chi connectivity index (χ2v) is 3.76. The lowest BCUT2D eigenvalue weighted by Gasteiger charge is -2.11. The third-order valence-electron chi connectivity index (χ3n) is 2.68. The minimum Gasteiger partial charge on any atom is -0.508 e. The number of hydrogen-bond acceptors (Lipinski definition) is 3. The van der Waals surface area contributed by atoms with E-state index in [0.29, 0.717) is 11.0 Å². The van der Waals surface area contributed by atoms with Gasteiger partial charge in [0.15, 0.2) is 0 Å². The van der Waals surface area contributed by atoms with E-state index in [9.17, 15) is 14.7 Å². The van der Waals surface area contributed by atoms with Crippen molar-refractivity contribution in [2.75, 3.05) is 0 Å². The first-order chi connectivity index (χ1) is 8.04. The Morgan fingerprint density at radius 2 is 2.24 bits per heavy atom. The number of imidazole rings is 1. The standard InChI is InChI=1S/C11H12N2O4/c1-2-8(10(15)16)13-9-5-6(14)3-4-7(9)12-11(13)17/h3-5,8,14H,2H2,1H3,(H,12,17)(H,15,16). The number of phenols is 1. The molecule has 3 N–H and O–H groups in total. The van der Waals surface area contributed by atoms with Gasteiger partial charge in [-0.25, -0.2) is 9.59 Å². The predicted octanol–water partition coefficient (Wildman–Crippen LogP) is 1.07. The second-order valence-electron chi connectivity index (χ2n) is 3.76. The van der Waals surface area contributed by atoms with Crippen molar-refractivity contribution in [2.24, 2.45) is 0 Å². The molecule has 0 saturated carbocycles. The van der Waals surface area contributed by atoms with Gasteiger partial charge in [-0.2, -0.15) is 0 Å². The molecule has 0 aliphatic heterocycles. The first-order valence-corrected chi connectivity index (χ1v) is 5.20. The van der Waals surface area contributed by atoms with Crippen LogP contribution >= 0.6 is 0 Å². The number of carboxylic acid groups (broad SMARTS) is 1. The zero-order valence-electron chi connectivity index (χ0n) is 9.17. The Bertz CT molecular complexity index is 626. The van der Waals surface area contributed by atoms with Crippen molar-refractivity contribution in [3.05, 3.63) is 28.7 Å². The highest BCUT2D eigenvalue weighted by molar-refractivity contribution is 5.80. The van der Waals surface area contributed by atoms with E-state index < -0.39 is 17.7 Å². The number of H-pyrrole nitrogens is 1. The average molecular weight is 236 g/mol. The predicted molar refractivity (Wildman–Crippen MR) is 61.2 cm³/mol. The van der Waals surface area contributed by atoms with Gasteiger partial charge in [0.25, 0.3) is 0 Å². The summed E-state index contributed by atoms with van der Waals surface area (Å²) in [5.41, 5.74) is 0.414. The van der Waals surface area contributed by atoms with Crippen LogP contribution in [0.25, 0.3) is 11.0 Å². The second kappa shape index (κ2) is 3.97. The summed E-state index contributed by atoms with van der Waals surface area (Å²) >= 11 is 0. The number of phenolic OH excluding ortho intramolecular Hbond substituents is 1. The Hall–Kier alpha value is -2.24. The number of aromatic nitrogens is 2. The number of carboxylic acids is 1. The van der Waals surface area contributed by atoms with E-state index in [4.69, 9.17) is 5.11 Å². The fourth-order valence-corrected chi connectivity index (χ4v) is 1.89. The van der Waals surface area contributed by atoms with Gasteiger partial charge in [0.1, 0.15) is 11.8 Å². The number of fused-ring (bicyclic) bond motifs is 1. The molecule has 1 aromatic carbocycles. The molecule has 0 radical (unpaired) electrons. The van der Waals surface area contributed by atoms with Crippen molar-refractivity contribution < 1.29 is 15.0 Å². The lowest BCUT2D eigenvalue weighted by atomic mass is 10.2. The van der Waals surface area contributed by atoms with Crippen LogP contribution < -0.4 is 5.69 Å². The van der Waals surface area contributed by atoms with E-state index in [-0.39, 0.29) is 12.2 Å². The molecule has 1 aromatic heterocycles. The zero-order valence-corrected chi connectivity index (χ0v) is 9.17. The molecular weight excluding hydrogens is 224 g/mol. The molecule has 2 aromatic rings. The molecule has 1 heterocycles. The van der Waals surface area contributed by atoms with Crippen molar-refractivity contribution in [3.63, 3.8) is 0 Å². The van der Waals surface area contributed by atoms with Crippen LogP contribution in [0.1, 0.15) is 19.4 Å². The van der Waals surface area contributed by atoms with Crippen LogP contribution in [0.15, 0.2) is 23.0 Å². The summed E-state index contributed by atoms with van der Waals surface area (Å²) < 4.78 is 1.15. The smallest absolute Gasteiger partial charge is 0.327 e. The molecule has 6 nitrogen and oxygen atoms in total. The summed E-state index contributed by atoms with van der Waals surface area (Å²) in [7, 11) is 0. The topological polar surface area (TPSA) is 95.3 Å². The largest absolute Gasteiger partial charge is 0.508 e. The highest BCUT2D eigenvalue weighted by Gasteiger charge is 2.22. The van der Waals surface area contributed by atoms with Crippen LogP contribution in [0.3, 0.4) is 0 Å². The number of carbonyl (C=O) groups is 1. The van der Waals surface area contributed by atoms with Crippen LogP contribution in [0.2, 0.25) is 0 Å². The number of aromatic amines is 1. The molecule has 1 unspecified atom stereocenters. The molecule has 0 spiro atoms. The molecule has 6 heteroatoms. The van der Waals surface area contributed by atoms with Crippen molar-refractivity contribution in [3.8, 4) is 5.75 Å². The minimum absolute atomic E-state index is 0.00880. The van der Waals surface area contributed by atoms with Crippen molar-refractivity contribution in [1.82, 2.24) is 9.55 Å². The third kappa shape index (κ3) is 1.77. The molecule has 1 atom stereocenters. The molecule has 17 heavy (non-hydrogen) atoms. The summed E-state index contributed by atoms with van der Waals surface area (Å²) in [4.78, 5) is 25.3. The molecule has 90 valence electrons. The molecule has 0 amide bonds. The fraction of sp³-hybridized carbons (Fsp3) is 0.273. The first kappa shape index (κ1) is 11.3. The van der Waals surface area contributed by atoms with Gasteiger partial charge in [-0.3, -0.25) is 4.57 Å². The Morgan fingerprint density at radius 1 is 1.53 bits per heavy atom. The number of aromatic hydroxyl groups is 1. The molecule has 0 fully saturated rings. The van der Waals surface area contributed by atoms with Crippen LogP contribution in [-0.2, 0) is 4.79 Å². The molecule has 0 aliphatic carbocycles. The molecule has 2 rings (SSSR count). The van der Waals surface area contributed by atoms with Crippen molar-refractivity contribution >= 4 is 17.0 Å². The summed E-state index contributed by atoms with van der Waals surface area (Å²) in [6, 6.07) is 3.42. The van der Waals surface area contributed by atoms with Gasteiger partial charge >= 0.3 is 11.7 Å². The highest BCUT2D eigenvalue weighted by Crippen LogP contribution is 2.21. The van der Waals surface area contributed by atoms with E-state index >= 15 is 0 Å². The van der Waals surface area contributed by atoms with Crippen LogP contribution in [0.4, 0.5) is 0 Å². The van der Waals surface area contributed by atoms with Crippen LogP contribution in [-0.4, -0.2) is 25.7 Å². The highest BCUT2D eigenvalue weighted by atomic mass is 16.4. The van der Waals surface area contributed by atoms with E-state index in [2.05, 4.69) is 4.98 Å². The van der Waals surface area contributed by atoms with Gasteiger partial charge in [0.05, 0.1) is 11.0 Å². The maximum Gasteiger partial charge on any atom is 0.327 e. The van der Waals surface area contributed by atoms with Gasteiger partial charge in [-0.15, -0.1) is 0 Å². The van der Waals surface area contributed by atoms with Gasteiger partial charge in [0.2, 0.25) is 0 Å². The lowest BCUT2D eigenvalue weighted by molar-refractivity contribution is -0.141. The summed E-state index contributed by atoms with van der Waals surface area (Å²) in [6.45, 7) is 1.69.